The second-order valence-corrected chi connectivity index (χ2v) is 33.2. The second kappa shape index (κ2) is 91.3. The van der Waals surface area contributed by atoms with E-state index in [2.05, 4.69) is 209 Å². The van der Waals surface area contributed by atoms with E-state index in [0.717, 1.165) is 154 Å². The lowest BCUT2D eigenvalue weighted by molar-refractivity contribution is -0.161. The summed E-state index contributed by atoms with van der Waals surface area (Å²) in [4.78, 5) is 58.9. The first kappa shape index (κ1) is 113. The molecule has 0 radical (unpaired) electrons. The van der Waals surface area contributed by atoms with Gasteiger partial charge >= 0.3 is 33.6 Å². The van der Waals surface area contributed by atoms with Gasteiger partial charge in [-0.1, -0.05) is 388 Å². The number of phosphoric acid groups is 2. The molecule has 0 spiro atoms. The molecular weight excluding hydrogens is 1530 g/mol. The van der Waals surface area contributed by atoms with Gasteiger partial charge in [0.1, 0.15) is 25.4 Å². The number of aliphatic hydroxyl groups excluding tert-OH is 2. The van der Waals surface area contributed by atoms with Gasteiger partial charge in [0, 0.05) is 19.3 Å². The molecule has 0 aliphatic carbocycles. The Kier molecular flexibility index (Phi) is 86.8. The van der Waals surface area contributed by atoms with Gasteiger partial charge in [0.05, 0.1) is 26.4 Å². The fourth-order valence-electron chi connectivity index (χ4n) is 12.1. The van der Waals surface area contributed by atoms with Gasteiger partial charge in [0.2, 0.25) is 0 Å². The highest BCUT2D eigenvalue weighted by Crippen LogP contribution is 2.45. The van der Waals surface area contributed by atoms with E-state index in [1.165, 1.54) is 135 Å². The molecule has 0 amide bonds. The summed E-state index contributed by atoms with van der Waals surface area (Å²) < 4.78 is 61.3. The highest BCUT2D eigenvalue weighted by atomic mass is 31.2. The predicted molar refractivity (Wildman–Crippen MR) is 500 cm³/mol. The van der Waals surface area contributed by atoms with Crippen molar-refractivity contribution in [3.05, 3.63) is 207 Å². The maximum Gasteiger partial charge on any atom is 0.472 e. The van der Waals surface area contributed by atoms with Crippen molar-refractivity contribution in [2.75, 3.05) is 39.6 Å². The van der Waals surface area contributed by atoms with Crippen molar-refractivity contribution in [3.8, 4) is 0 Å². The number of aliphatic hydroxyl groups is 2. The topological polar surface area (TPSA) is 231 Å². The Labute approximate surface area is 724 Å². The molecule has 5 atom stereocenters. The Morgan fingerprint density at radius 1 is 0.235 bits per heavy atom. The van der Waals surface area contributed by atoms with E-state index in [1.54, 1.807) is 0 Å². The van der Waals surface area contributed by atoms with Crippen molar-refractivity contribution in [2.24, 2.45) is 0 Å². The minimum absolute atomic E-state index is 0.0282. The van der Waals surface area contributed by atoms with Gasteiger partial charge in [-0.3, -0.25) is 32.5 Å². The zero-order valence-electron chi connectivity index (χ0n) is 74.5. The molecule has 119 heavy (non-hydrogen) atoms. The largest absolute Gasteiger partial charge is 0.472 e. The van der Waals surface area contributed by atoms with Crippen LogP contribution < -0.4 is 0 Å². The lowest BCUT2D eigenvalue weighted by atomic mass is 10.0. The summed E-state index contributed by atoms with van der Waals surface area (Å²) in [6.45, 7) is 2.26. The molecule has 0 fully saturated rings. The number of carbonyl (C=O) groups is 3. The van der Waals surface area contributed by atoms with Crippen LogP contribution in [0.25, 0.3) is 0 Å². The van der Waals surface area contributed by atoms with E-state index in [-0.39, 0.29) is 19.3 Å². The first-order chi connectivity index (χ1) is 58.2. The van der Waals surface area contributed by atoms with Crippen molar-refractivity contribution in [2.45, 2.75) is 373 Å². The van der Waals surface area contributed by atoms with Crippen LogP contribution in [0.5, 0.6) is 0 Å². The van der Waals surface area contributed by atoms with Gasteiger partial charge < -0.3 is 34.2 Å². The number of carbonyl (C=O) groups excluding carboxylic acids is 3. The maximum atomic E-state index is 13.0. The number of ether oxygens (including phenoxy) is 3. The van der Waals surface area contributed by atoms with Crippen LogP contribution in [0.15, 0.2) is 207 Å². The fraction of sp³-hybridized carbons (Fsp3) is 0.634. The molecule has 0 aromatic heterocycles. The Balaban J connectivity index is 4.56. The normalized spacial score (nSPS) is 14.7. The Morgan fingerprint density at radius 2 is 0.437 bits per heavy atom. The van der Waals surface area contributed by atoms with Crippen molar-refractivity contribution in [1.82, 2.24) is 0 Å². The van der Waals surface area contributed by atoms with Gasteiger partial charge in [-0.25, -0.2) is 9.13 Å². The Hall–Kier alpha value is -5.87. The third kappa shape index (κ3) is 92.7. The van der Waals surface area contributed by atoms with Crippen LogP contribution in [-0.4, -0.2) is 95.9 Å². The lowest BCUT2D eigenvalue weighted by Crippen LogP contribution is -2.29. The van der Waals surface area contributed by atoms with E-state index < -0.39 is 91.5 Å². The summed E-state index contributed by atoms with van der Waals surface area (Å²) in [5.74, 6) is -1.68. The van der Waals surface area contributed by atoms with Crippen molar-refractivity contribution >= 4 is 33.6 Å². The van der Waals surface area contributed by atoms with Crippen molar-refractivity contribution in [3.63, 3.8) is 0 Å². The number of rotatable bonds is 86. The Bertz CT molecular complexity index is 2990. The maximum absolute atomic E-state index is 13.0. The second-order valence-electron chi connectivity index (χ2n) is 30.3. The standard InChI is InChI=1S/C101H166O16P2/c1-4-7-10-13-16-19-22-25-28-31-34-36-38-40-42-44-45-46-47-48-49-51-53-54-56-58-61-63-66-69-72-75-78-81-84-87-99(104)111-90-96(102)91-113-118(107,108)114-92-97(103)93-115-119(109,110)116-95-98(117-101(106)89-86-83-80-77-74-71-68-65-60-33-30-27-24-21-18-15-12-9-6-3)94-112-100(105)88-85-82-79-76-73-70-67-64-62-59-57-55-52-50-43-41-39-37-35-32-29-26-23-20-17-14-11-8-5-2/h7-12,16-21,25-30,34-37,40-43,52,55,60,65,71,74,80,83,96-98,102-103H,4-6,13-15,22-24,31-33,38-39,44-51,53-54,56-59,61-64,66-70,72-73,75-79,81-82,84-95H2,1-3H3,(H,107,108)(H,109,110)/b10-7-,11-8-,12-9-,19-16-,20-17-,21-18-,28-25-,29-26-,30-27-,36-34-,37-35-,42-40-,43-41-,55-52-,65-60-,74-71-,83-80-. The lowest BCUT2D eigenvalue weighted by Gasteiger charge is -2.21. The first-order valence-electron chi connectivity index (χ1n) is 46.4. The number of hydrogen-bond donors (Lipinski definition) is 4. The summed E-state index contributed by atoms with van der Waals surface area (Å²) in [7, 11) is -9.84. The molecule has 4 N–H and O–H groups in total. The summed E-state index contributed by atoms with van der Waals surface area (Å²) >= 11 is 0. The molecule has 0 aromatic carbocycles. The molecule has 16 nitrogen and oxygen atoms in total. The summed E-state index contributed by atoms with van der Waals surface area (Å²) in [5, 5.41) is 20.7. The number of unbranched alkanes of at least 4 members (excludes halogenated alkanes) is 29. The minimum Gasteiger partial charge on any atom is -0.463 e. The Morgan fingerprint density at radius 3 is 0.697 bits per heavy atom. The smallest absolute Gasteiger partial charge is 0.463 e. The van der Waals surface area contributed by atoms with Crippen molar-refractivity contribution in [1.29, 1.82) is 0 Å². The zero-order chi connectivity index (χ0) is 86.5. The third-order valence-electron chi connectivity index (χ3n) is 19.0. The first-order valence-corrected chi connectivity index (χ1v) is 49.4. The molecular formula is C101H166O16P2. The van der Waals surface area contributed by atoms with Crippen LogP contribution in [0.1, 0.15) is 355 Å². The minimum atomic E-state index is -4.97. The van der Waals surface area contributed by atoms with E-state index in [1.807, 2.05) is 18.2 Å². The average Bonchev–Trinajstić information content (AvgIpc) is 0.902. The molecule has 0 aromatic rings. The average molecular weight is 1700 g/mol. The van der Waals surface area contributed by atoms with Crippen LogP contribution in [0.4, 0.5) is 0 Å². The van der Waals surface area contributed by atoms with E-state index in [9.17, 15) is 43.5 Å². The molecule has 0 saturated heterocycles. The van der Waals surface area contributed by atoms with Crippen LogP contribution in [0.2, 0.25) is 0 Å². The molecule has 676 valence electrons. The highest BCUT2D eigenvalue weighted by Gasteiger charge is 2.29. The van der Waals surface area contributed by atoms with Crippen LogP contribution in [0.3, 0.4) is 0 Å². The molecule has 0 rings (SSSR count). The van der Waals surface area contributed by atoms with E-state index in [0.29, 0.717) is 25.7 Å². The molecule has 0 bridgehead atoms. The predicted octanol–water partition coefficient (Wildman–Crippen LogP) is 28.8. The zero-order valence-corrected chi connectivity index (χ0v) is 76.2. The molecule has 0 heterocycles. The van der Waals surface area contributed by atoms with E-state index >= 15 is 0 Å². The third-order valence-corrected chi connectivity index (χ3v) is 20.9. The highest BCUT2D eigenvalue weighted by molar-refractivity contribution is 7.47. The van der Waals surface area contributed by atoms with Gasteiger partial charge in [0.25, 0.3) is 0 Å². The van der Waals surface area contributed by atoms with Gasteiger partial charge in [-0.05, 0) is 154 Å². The summed E-state index contributed by atoms with van der Waals surface area (Å²) in [6.07, 6.45) is 123. The van der Waals surface area contributed by atoms with Gasteiger partial charge in [-0.15, -0.1) is 0 Å². The van der Waals surface area contributed by atoms with Crippen LogP contribution in [0, 0.1) is 0 Å². The van der Waals surface area contributed by atoms with Crippen LogP contribution >= 0.6 is 15.6 Å². The fourth-order valence-corrected chi connectivity index (χ4v) is 13.7. The molecule has 0 aliphatic rings. The quantitative estimate of drug-likeness (QED) is 0.0146. The summed E-state index contributed by atoms with van der Waals surface area (Å²) in [6, 6.07) is 0. The summed E-state index contributed by atoms with van der Waals surface area (Å²) in [5.41, 5.74) is 0. The monoisotopic (exact) mass is 1700 g/mol. The van der Waals surface area contributed by atoms with Crippen molar-refractivity contribution < 1.29 is 75.8 Å². The number of esters is 3. The van der Waals surface area contributed by atoms with Crippen LogP contribution in [-0.2, 0) is 55.8 Å². The van der Waals surface area contributed by atoms with E-state index in [4.69, 9.17) is 32.3 Å². The number of allylic oxidation sites excluding steroid dienone is 34. The number of hydrogen-bond acceptors (Lipinski definition) is 14. The molecule has 0 saturated carbocycles. The van der Waals surface area contributed by atoms with Gasteiger partial charge in [0.15, 0.2) is 6.10 Å². The molecule has 0 aliphatic heterocycles. The molecule has 18 heteroatoms. The van der Waals surface area contributed by atoms with Gasteiger partial charge in [-0.2, -0.15) is 0 Å². The SMILES string of the molecule is CC/C=C\C/C=C\C/C=C\C/C=C\C/C=C\C/C=C\CCCCCCCCCCCCC(=O)OCC(COP(=O)(O)OCC(O)COP(=O)(O)OCC(O)COC(=O)CCCCCCCCCCCCCCCCCCCCC/C=C\C/C=C\C/C=C\C/C=C\C/C=C\CC)OC(=O)CC/C=C\C/C=C\C/C=C\C/C=C\C/C=C\C/C=C\CC. The number of phosphoric ester groups is 2. The molecule has 5 unspecified atom stereocenters.